The first kappa shape index (κ1) is 10.3. The highest BCUT2D eigenvalue weighted by Gasteiger charge is 2.33. The summed E-state index contributed by atoms with van der Waals surface area (Å²) in [5.74, 6) is 0. The molecule has 0 aliphatic heterocycles. The molecule has 1 nitrogen and oxygen atoms in total. The van der Waals surface area contributed by atoms with E-state index >= 15 is 0 Å². The van der Waals surface area contributed by atoms with E-state index < -0.39 is 11.7 Å². The second-order valence-electron chi connectivity index (χ2n) is 2.47. The molecule has 1 rings (SSSR count). The molecule has 0 aromatic heterocycles. The van der Waals surface area contributed by atoms with Crippen molar-refractivity contribution >= 4 is 11.6 Å². The van der Waals surface area contributed by atoms with Gasteiger partial charge in [-0.05, 0) is 17.7 Å². The van der Waals surface area contributed by atoms with Crippen molar-refractivity contribution in [2.45, 2.75) is 12.7 Å². The van der Waals surface area contributed by atoms with Crippen LogP contribution in [0.3, 0.4) is 0 Å². The van der Waals surface area contributed by atoms with Gasteiger partial charge in [0.25, 0.3) is 0 Å². The third-order valence-electron chi connectivity index (χ3n) is 1.63. The molecular weight excluding hydrogens is 203 g/mol. The molecule has 5 heteroatoms. The van der Waals surface area contributed by atoms with Crippen LogP contribution in [0.5, 0.6) is 0 Å². The van der Waals surface area contributed by atoms with Gasteiger partial charge in [0.2, 0.25) is 0 Å². The highest BCUT2D eigenvalue weighted by molar-refractivity contribution is 6.31. The van der Waals surface area contributed by atoms with Crippen LogP contribution in [0.2, 0.25) is 5.02 Å². The average Bonchev–Trinajstić information content (AvgIpc) is 2.02. The lowest BCUT2D eigenvalue weighted by atomic mass is 10.1. The minimum absolute atomic E-state index is 0.0531. The summed E-state index contributed by atoms with van der Waals surface area (Å²) in [6, 6.07) is 3.61. The highest BCUT2D eigenvalue weighted by Crippen LogP contribution is 2.34. The third kappa shape index (κ3) is 2.14. The molecule has 0 atom stereocenters. The van der Waals surface area contributed by atoms with E-state index in [0.717, 1.165) is 6.07 Å². The number of nitrogens with two attached hydrogens (primary N) is 1. The van der Waals surface area contributed by atoms with Gasteiger partial charge in [-0.25, -0.2) is 0 Å². The Kier molecular flexibility index (Phi) is 2.83. The number of hydrogen-bond acceptors (Lipinski definition) is 1. The Hall–Kier alpha value is -0.740. The molecule has 1 aromatic rings. The van der Waals surface area contributed by atoms with Crippen molar-refractivity contribution < 1.29 is 13.2 Å². The van der Waals surface area contributed by atoms with Gasteiger partial charge in [-0.15, -0.1) is 0 Å². The van der Waals surface area contributed by atoms with Crippen LogP contribution in [-0.4, -0.2) is 0 Å². The fourth-order valence-electron chi connectivity index (χ4n) is 1.03. The van der Waals surface area contributed by atoms with E-state index in [4.69, 9.17) is 17.3 Å². The van der Waals surface area contributed by atoms with Crippen molar-refractivity contribution in [2.24, 2.45) is 5.73 Å². The Morgan fingerprint density at radius 2 is 1.92 bits per heavy atom. The second kappa shape index (κ2) is 3.55. The van der Waals surface area contributed by atoms with Crippen LogP contribution in [0.1, 0.15) is 11.1 Å². The van der Waals surface area contributed by atoms with Crippen LogP contribution in [0.15, 0.2) is 18.2 Å². The summed E-state index contributed by atoms with van der Waals surface area (Å²) in [5, 5.41) is 0.0531. The van der Waals surface area contributed by atoms with Crippen molar-refractivity contribution in [1.82, 2.24) is 0 Å². The molecule has 0 saturated heterocycles. The molecule has 72 valence electrons. The molecule has 0 heterocycles. The standard InChI is InChI=1S/C8H7ClF3N/c9-7-3-1-2-6(5(7)4-13)8(10,11)12/h1-3H,4,13H2. The largest absolute Gasteiger partial charge is 0.416 e. The van der Waals surface area contributed by atoms with Crippen LogP contribution < -0.4 is 5.73 Å². The van der Waals surface area contributed by atoms with Gasteiger partial charge in [-0.3, -0.25) is 0 Å². The Morgan fingerprint density at radius 3 is 2.31 bits per heavy atom. The van der Waals surface area contributed by atoms with Crippen LogP contribution in [0.4, 0.5) is 13.2 Å². The average molecular weight is 210 g/mol. The number of halogens is 4. The fourth-order valence-corrected chi connectivity index (χ4v) is 1.28. The molecule has 0 radical (unpaired) electrons. The zero-order chi connectivity index (χ0) is 10.1. The predicted molar refractivity (Wildman–Crippen MR) is 44.3 cm³/mol. The molecule has 0 saturated carbocycles. The lowest BCUT2D eigenvalue weighted by molar-refractivity contribution is -0.138. The zero-order valence-electron chi connectivity index (χ0n) is 6.53. The number of benzene rings is 1. The maximum Gasteiger partial charge on any atom is 0.416 e. The van der Waals surface area contributed by atoms with Gasteiger partial charge in [0.05, 0.1) is 5.56 Å². The van der Waals surface area contributed by atoms with E-state index in [-0.39, 0.29) is 17.1 Å². The summed E-state index contributed by atoms with van der Waals surface area (Å²) in [4.78, 5) is 0. The van der Waals surface area contributed by atoms with E-state index in [1.807, 2.05) is 0 Å². The van der Waals surface area contributed by atoms with Crippen molar-refractivity contribution in [3.63, 3.8) is 0 Å². The minimum Gasteiger partial charge on any atom is -0.326 e. The summed E-state index contributed by atoms with van der Waals surface area (Å²) in [5.41, 5.74) is 4.34. The van der Waals surface area contributed by atoms with Crippen molar-refractivity contribution in [1.29, 1.82) is 0 Å². The molecule has 1 aromatic carbocycles. The second-order valence-corrected chi connectivity index (χ2v) is 2.88. The third-order valence-corrected chi connectivity index (χ3v) is 1.98. The van der Waals surface area contributed by atoms with Gasteiger partial charge >= 0.3 is 6.18 Å². The van der Waals surface area contributed by atoms with E-state index in [2.05, 4.69) is 0 Å². The van der Waals surface area contributed by atoms with E-state index in [0.29, 0.717) is 0 Å². The predicted octanol–water partition coefficient (Wildman–Crippen LogP) is 2.82. The van der Waals surface area contributed by atoms with Crippen molar-refractivity contribution in [3.8, 4) is 0 Å². The van der Waals surface area contributed by atoms with Crippen LogP contribution in [0.25, 0.3) is 0 Å². The SMILES string of the molecule is NCc1c(Cl)cccc1C(F)(F)F. The van der Waals surface area contributed by atoms with Gasteiger partial charge in [0.15, 0.2) is 0 Å². The molecule has 0 spiro atoms. The van der Waals surface area contributed by atoms with Gasteiger partial charge < -0.3 is 5.73 Å². The van der Waals surface area contributed by atoms with Crippen LogP contribution >= 0.6 is 11.6 Å². The highest BCUT2D eigenvalue weighted by atomic mass is 35.5. The lowest BCUT2D eigenvalue weighted by Gasteiger charge is -2.12. The first-order valence-corrected chi connectivity index (χ1v) is 3.89. The normalized spacial score (nSPS) is 11.8. The van der Waals surface area contributed by atoms with Crippen molar-refractivity contribution in [2.75, 3.05) is 0 Å². The minimum atomic E-state index is -4.39. The summed E-state index contributed by atoms with van der Waals surface area (Å²) in [6.07, 6.45) is -4.39. The van der Waals surface area contributed by atoms with Gasteiger partial charge in [0.1, 0.15) is 0 Å². The molecule has 0 amide bonds. The van der Waals surface area contributed by atoms with E-state index in [1.54, 1.807) is 0 Å². The molecule has 2 N–H and O–H groups in total. The monoisotopic (exact) mass is 209 g/mol. The van der Waals surface area contributed by atoms with Gasteiger partial charge in [0, 0.05) is 11.6 Å². The van der Waals surface area contributed by atoms with Gasteiger partial charge in [-0.2, -0.15) is 13.2 Å². The van der Waals surface area contributed by atoms with Crippen LogP contribution in [-0.2, 0) is 12.7 Å². The molecule has 0 aliphatic rings. The molecule has 0 unspecified atom stereocenters. The zero-order valence-corrected chi connectivity index (χ0v) is 7.28. The Labute approximate surface area is 78.3 Å². The summed E-state index contributed by atoms with van der Waals surface area (Å²) >= 11 is 5.56. The molecule has 0 aliphatic carbocycles. The van der Waals surface area contributed by atoms with Crippen molar-refractivity contribution in [3.05, 3.63) is 34.3 Å². The topological polar surface area (TPSA) is 26.0 Å². The Morgan fingerprint density at radius 1 is 1.31 bits per heavy atom. The number of hydrogen-bond donors (Lipinski definition) is 1. The van der Waals surface area contributed by atoms with E-state index in [9.17, 15) is 13.2 Å². The molecule has 0 bridgehead atoms. The first-order chi connectivity index (χ1) is 5.96. The molecule has 13 heavy (non-hydrogen) atoms. The summed E-state index contributed by atoms with van der Waals surface area (Å²) < 4.78 is 36.9. The lowest BCUT2D eigenvalue weighted by Crippen LogP contribution is -2.12. The molecular formula is C8H7ClF3N. The molecule has 0 fully saturated rings. The first-order valence-electron chi connectivity index (χ1n) is 3.51. The summed E-state index contributed by atoms with van der Waals surface area (Å²) in [6.45, 7) is -0.214. The Balaban J connectivity index is 3.29. The number of rotatable bonds is 1. The quantitative estimate of drug-likeness (QED) is 0.756. The van der Waals surface area contributed by atoms with Gasteiger partial charge in [-0.1, -0.05) is 17.7 Å². The number of alkyl halides is 3. The summed E-state index contributed by atoms with van der Waals surface area (Å²) in [7, 11) is 0. The maximum atomic E-state index is 12.3. The van der Waals surface area contributed by atoms with Crippen LogP contribution in [0, 0.1) is 0 Å². The van der Waals surface area contributed by atoms with E-state index in [1.165, 1.54) is 12.1 Å². The Bertz CT molecular complexity index is 309. The maximum absolute atomic E-state index is 12.3. The fraction of sp³-hybridized carbons (Fsp3) is 0.250. The smallest absolute Gasteiger partial charge is 0.326 e.